The second-order valence-electron chi connectivity index (χ2n) is 5.56. The molecule has 0 radical (unpaired) electrons. The van der Waals surface area contributed by atoms with Crippen LogP contribution in [0.5, 0.6) is 0 Å². The lowest BCUT2D eigenvalue weighted by Crippen LogP contribution is -2.46. The van der Waals surface area contributed by atoms with E-state index in [1.807, 2.05) is 18.8 Å². The molecule has 5 nitrogen and oxygen atoms in total. The number of ether oxygens (including phenoxy) is 1. The van der Waals surface area contributed by atoms with Gasteiger partial charge in [-0.05, 0) is 35.3 Å². The number of nitrogens with one attached hydrogen (secondary N) is 1. The van der Waals surface area contributed by atoms with Crippen molar-refractivity contribution in [2.75, 3.05) is 13.7 Å². The van der Waals surface area contributed by atoms with E-state index >= 15 is 0 Å². The molecule has 0 aromatic carbocycles. The highest BCUT2D eigenvalue weighted by Crippen LogP contribution is 2.41. The van der Waals surface area contributed by atoms with Gasteiger partial charge in [-0.15, -0.1) is 5.10 Å². The molecule has 1 aliphatic rings. The molecular weight excluding hydrogens is 320 g/mol. The minimum atomic E-state index is -0.162. The van der Waals surface area contributed by atoms with Crippen molar-refractivity contribution < 1.29 is 4.74 Å². The Hall–Kier alpha value is -0.460. The Morgan fingerprint density at radius 2 is 2.00 bits per heavy atom. The molecule has 1 atom stereocenters. The van der Waals surface area contributed by atoms with Crippen LogP contribution < -0.4 is 5.32 Å². The highest BCUT2D eigenvalue weighted by molar-refractivity contribution is 9.10. The summed E-state index contributed by atoms with van der Waals surface area (Å²) < 4.78 is 8.72. The Morgan fingerprint density at radius 3 is 2.45 bits per heavy atom. The first-order valence-corrected chi connectivity index (χ1v) is 8.27. The SMILES string of the molecule is CCNC(c1c(Br)nnn1C)C1(OC)CCCCCC1. The van der Waals surface area contributed by atoms with Crippen LogP contribution in [0.1, 0.15) is 57.2 Å². The molecule has 114 valence electrons. The van der Waals surface area contributed by atoms with Crippen LogP contribution in [0.2, 0.25) is 0 Å². The van der Waals surface area contributed by atoms with Gasteiger partial charge in [-0.3, -0.25) is 0 Å². The average Bonchev–Trinajstić information content (AvgIpc) is 2.68. The number of nitrogens with zero attached hydrogens (tertiary/aromatic N) is 3. The van der Waals surface area contributed by atoms with E-state index in [4.69, 9.17) is 4.74 Å². The molecule has 1 aromatic heterocycles. The molecule has 1 fully saturated rings. The van der Waals surface area contributed by atoms with E-state index in [1.165, 1.54) is 25.7 Å². The molecule has 1 aromatic rings. The third-order valence-electron chi connectivity index (χ3n) is 4.39. The fourth-order valence-electron chi connectivity index (χ4n) is 3.32. The van der Waals surface area contributed by atoms with Gasteiger partial charge in [-0.1, -0.05) is 37.8 Å². The summed E-state index contributed by atoms with van der Waals surface area (Å²) in [4.78, 5) is 0. The lowest BCUT2D eigenvalue weighted by molar-refractivity contribution is -0.0557. The van der Waals surface area contributed by atoms with Crippen LogP contribution in [0.15, 0.2) is 4.60 Å². The van der Waals surface area contributed by atoms with Crippen LogP contribution in [-0.4, -0.2) is 34.2 Å². The number of hydrogen-bond donors (Lipinski definition) is 1. The van der Waals surface area contributed by atoms with E-state index in [0.29, 0.717) is 0 Å². The maximum atomic E-state index is 6.06. The number of hydrogen-bond acceptors (Lipinski definition) is 4. The van der Waals surface area contributed by atoms with E-state index < -0.39 is 0 Å². The van der Waals surface area contributed by atoms with Gasteiger partial charge in [0, 0.05) is 14.2 Å². The Labute approximate surface area is 129 Å². The Bertz CT molecular complexity index is 407. The highest BCUT2D eigenvalue weighted by atomic mass is 79.9. The summed E-state index contributed by atoms with van der Waals surface area (Å²) in [5.74, 6) is 0. The van der Waals surface area contributed by atoms with E-state index in [9.17, 15) is 0 Å². The number of likely N-dealkylation sites (N-methyl/N-ethyl adjacent to an activating group) is 1. The fraction of sp³-hybridized carbons (Fsp3) is 0.857. The third kappa shape index (κ3) is 3.07. The second kappa shape index (κ2) is 7.00. The van der Waals surface area contributed by atoms with Crippen LogP contribution in [0, 0.1) is 0 Å². The van der Waals surface area contributed by atoms with E-state index in [2.05, 4.69) is 38.5 Å². The maximum Gasteiger partial charge on any atom is 0.153 e. The molecule has 6 heteroatoms. The predicted octanol–water partition coefficient (Wildman–Crippen LogP) is 2.97. The van der Waals surface area contributed by atoms with Crippen molar-refractivity contribution in [3.8, 4) is 0 Å². The van der Waals surface area contributed by atoms with Gasteiger partial charge in [0.1, 0.15) is 0 Å². The summed E-state index contributed by atoms with van der Waals surface area (Å²) in [7, 11) is 3.78. The summed E-state index contributed by atoms with van der Waals surface area (Å²) in [5, 5.41) is 11.9. The van der Waals surface area contributed by atoms with Crippen LogP contribution in [0.4, 0.5) is 0 Å². The quantitative estimate of drug-likeness (QED) is 0.834. The minimum Gasteiger partial charge on any atom is -0.376 e. The largest absolute Gasteiger partial charge is 0.376 e. The third-order valence-corrected chi connectivity index (χ3v) is 4.96. The second-order valence-corrected chi connectivity index (χ2v) is 6.31. The summed E-state index contributed by atoms with van der Waals surface area (Å²) in [6, 6.07) is 0.116. The average molecular weight is 345 g/mol. The number of rotatable bonds is 5. The van der Waals surface area contributed by atoms with Crippen LogP contribution in [-0.2, 0) is 11.8 Å². The molecule has 0 amide bonds. The van der Waals surface area contributed by atoms with Crippen molar-refractivity contribution in [3.05, 3.63) is 10.3 Å². The molecule has 0 saturated heterocycles. The highest BCUT2D eigenvalue weighted by Gasteiger charge is 2.42. The summed E-state index contributed by atoms with van der Waals surface area (Å²) >= 11 is 3.54. The van der Waals surface area contributed by atoms with Crippen molar-refractivity contribution in [1.29, 1.82) is 0 Å². The summed E-state index contributed by atoms with van der Waals surface area (Å²) in [5.41, 5.74) is 0.917. The normalized spacial score (nSPS) is 20.6. The van der Waals surface area contributed by atoms with Crippen LogP contribution in [0.25, 0.3) is 0 Å². The lowest BCUT2D eigenvalue weighted by Gasteiger charge is -2.39. The van der Waals surface area contributed by atoms with Crippen molar-refractivity contribution in [2.45, 2.75) is 57.1 Å². The smallest absolute Gasteiger partial charge is 0.153 e. The van der Waals surface area contributed by atoms with Gasteiger partial charge in [-0.2, -0.15) is 0 Å². The summed E-state index contributed by atoms with van der Waals surface area (Å²) in [6.45, 7) is 3.03. The topological polar surface area (TPSA) is 52.0 Å². The molecule has 1 heterocycles. The van der Waals surface area contributed by atoms with Gasteiger partial charge in [0.05, 0.1) is 17.3 Å². The first-order valence-electron chi connectivity index (χ1n) is 7.48. The van der Waals surface area contributed by atoms with Gasteiger partial charge in [-0.25, -0.2) is 4.68 Å². The number of methoxy groups -OCH3 is 1. The van der Waals surface area contributed by atoms with E-state index in [0.717, 1.165) is 29.7 Å². The van der Waals surface area contributed by atoms with E-state index in [1.54, 1.807) is 0 Å². The first-order chi connectivity index (χ1) is 9.64. The van der Waals surface area contributed by atoms with Crippen LogP contribution in [0.3, 0.4) is 0 Å². The molecule has 0 bridgehead atoms. The zero-order chi connectivity index (χ0) is 14.6. The lowest BCUT2D eigenvalue weighted by atomic mass is 9.84. The minimum absolute atomic E-state index is 0.116. The molecule has 2 rings (SSSR count). The standard InChI is InChI=1S/C14H25BrN4O/c1-4-16-12(11-13(15)17-18-19(11)2)14(20-3)9-7-5-6-8-10-14/h12,16H,4-10H2,1-3H3. The van der Waals surface area contributed by atoms with Gasteiger partial charge in [0.15, 0.2) is 4.60 Å². The zero-order valence-electron chi connectivity index (χ0n) is 12.7. The van der Waals surface area contributed by atoms with Crippen molar-refractivity contribution in [2.24, 2.45) is 7.05 Å². The Morgan fingerprint density at radius 1 is 1.35 bits per heavy atom. The van der Waals surface area contributed by atoms with Gasteiger partial charge in [0.25, 0.3) is 0 Å². The molecule has 0 spiro atoms. The maximum absolute atomic E-state index is 6.06. The molecule has 1 N–H and O–H groups in total. The molecule has 1 unspecified atom stereocenters. The molecule has 0 aliphatic heterocycles. The first kappa shape index (κ1) is 15.9. The number of aryl methyl sites for hydroxylation is 1. The molecule has 20 heavy (non-hydrogen) atoms. The van der Waals surface area contributed by atoms with Crippen molar-refractivity contribution >= 4 is 15.9 Å². The zero-order valence-corrected chi connectivity index (χ0v) is 14.2. The molecular formula is C14H25BrN4O. The Balaban J connectivity index is 2.39. The fourth-order valence-corrected chi connectivity index (χ4v) is 3.88. The number of aromatic nitrogens is 3. The number of halogens is 1. The molecule has 1 saturated carbocycles. The van der Waals surface area contributed by atoms with Crippen LogP contribution >= 0.6 is 15.9 Å². The van der Waals surface area contributed by atoms with Gasteiger partial charge < -0.3 is 10.1 Å². The van der Waals surface area contributed by atoms with E-state index in [-0.39, 0.29) is 11.6 Å². The summed E-state index contributed by atoms with van der Waals surface area (Å²) in [6.07, 6.45) is 7.21. The van der Waals surface area contributed by atoms with Gasteiger partial charge in [0.2, 0.25) is 0 Å². The Kier molecular flexibility index (Phi) is 5.57. The van der Waals surface area contributed by atoms with Crippen molar-refractivity contribution in [3.63, 3.8) is 0 Å². The predicted molar refractivity (Wildman–Crippen MR) is 82.6 cm³/mol. The van der Waals surface area contributed by atoms with Gasteiger partial charge >= 0.3 is 0 Å². The molecule has 1 aliphatic carbocycles. The monoisotopic (exact) mass is 344 g/mol. The van der Waals surface area contributed by atoms with Crippen molar-refractivity contribution in [1.82, 2.24) is 20.3 Å².